The number of anilines is 1. The van der Waals surface area contributed by atoms with E-state index in [1.807, 2.05) is 37.3 Å². The van der Waals surface area contributed by atoms with Crippen molar-refractivity contribution >= 4 is 17.6 Å². The van der Waals surface area contributed by atoms with Gasteiger partial charge < -0.3 is 10.1 Å². The first-order valence-electron chi connectivity index (χ1n) is 9.52. The summed E-state index contributed by atoms with van der Waals surface area (Å²) in [7, 11) is 0. The van der Waals surface area contributed by atoms with E-state index in [9.17, 15) is 9.59 Å². The Morgan fingerprint density at radius 3 is 2.52 bits per heavy atom. The zero-order chi connectivity index (χ0) is 20.5. The molecule has 1 N–H and O–H groups in total. The minimum Gasteiger partial charge on any atom is -0.462 e. The van der Waals surface area contributed by atoms with Gasteiger partial charge in [0.25, 0.3) is 0 Å². The highest BCUT2D eigenvalue weighted by atomic mass is 16.5. The van der Waals surface area contributed by atoms with Gasteiger partial charge in [0.15, 0.2) is 0 Å². The average molecular weight is 393 g/mol. The number of unbranched alkanes of at least 4 members (excludes halogenated alkanes) is 1. The highest BCUT2D eigenvalue weighted by Crippen LogP contribution is 2.17. The molecule has 1 atom stereocenters. The Labute approximate surface area is 168 Å². The summed E-state index contributed by atoms with van der Waals surface area (Å²) in [4.78, 5) is 24.9. The molecule has 29 heavy (non-hydrogen) atoms. The van der Waals surface area contributed by atoms with Gasteiger partial charge >= 0.3 is 5.97 Å². The predicted octanol–water partition coefficient (Wildman–Crippen LogP) is 3.05. The second-order valence-corrected chi connectivity index (χ2v) is 6.55. The molecule has 8 heteroatoms. The van der Waals surface area contributed by atoms with Gasteiger partial charge in [0, 0.05) is 12.1 Å². The molecule has 0 aliphatic rings. The predicted molar refractivity (Wildman–Crippen MR) is 107 cm³/mol. The lowest BCUT2D eigenvalue weighted by molar-refractivity contribution is -0.119. The fourth-order valence-corrected chi connectivity index (χ4v) is 2.76. The Bertz CT molecular complexity index is 911. The van der Waals surface area contributed by atoms with Gasteiger partial charge in [-0.25, -0.2) is 9.48 Å². The molecule has 3 aromatic rings. The number of nitrogens with zero attached hydrogens (tertiary/aromatic N) is 4. The smallest absolute Gasteiger partial charge is 0.338 e. The van der Waals surface area contributed by atoms with Gasteiger partial charge in [0.05, 0.1) is 12.2 Å². The first-order chi connectivity index (χ1) is 14.2. The number of esters is 1. The highest BCUT2D eigenvalue weighted by Gasteiger charge is 2.22. The molecule has 0 saturated carbocycles. The number of carbonyl (C=O) groups is 2. The van der Waals surface area contributed by atoms with Crippen molar-refractivity contribution in [2.45, 2.75) is 32.2 Å². The molecule has 2 aromatic carbocycles. The lowest BCUT2D eigenvalue weighted by Crippen LogP contribution is -2.28. The summed E-state index contributed by atoms with van der Waals surface area (Å²) in [5, 5.41) is 14.0. The second kappa shape index (κ2) is 10.1. The third-order valence-corrected chi connectivity index (χ3v) is 4.38. The number of hydrogen-bond donors (Lipinski definition) is 1. The number of benzene rings is 2. The van der Waals surface area contributed by atoms with Crippen molar-refractivity contribution < 1.29 is 14.3 Å². The summed E-state index contributed by atoms with van der Waals surface area (Å²) in [6, 6.07) is 15.7. The highest BCUT2D eigenvalue weighted by molar-refractivity contribution is 5.95. The molecule has 8 nitrogen and oxygen atoms in total. The molecule has 1 aromatic heterocycles. The van der Waals surface area contributed by atoms with Crippen LogP contribution in [0.5, 0.6) is 0 Å². The van der Waals surface area contributed by atoms with Crippen molar-refractivity contribution in [1.82, 2.24) is 20.2 Å². The summed E-state index contributed by atoms with van der Waals surface area (Å²) in [5.74, 6) is -0.619. The van der Waals surface area contributed by atoms with Crippen LogP contribution in [0.25, 0.3) is 0 Å². The molecule has 3 rings (SSSR count). The molecule has 0 spiro atoms. The van der Waals surface area contributed by atoms with Gasteiger partial charge in [-0.15, -0.1) is 5.10 Å². The van der Waals surface area contributed by atoms with E-state index in [1.54, 1.807) is 24.3 Å². The summed E-state index contributed by atoms with van der Waals surface area (Å²) < 4.78 is 6.62. The standard InChI is InChI=1S/C21H23N5O3/c1-2-3-13-29-21(28)17-9-11-18(12-10-17)23-20(27)19(26-15-22-24-25-26)14-16-7-5-4-6-8-16/h4-12,15,19H,2-3,13-14H2,1H3,(H,23,27)/t19-/m0/s1. The van der Waals surface area contributed by atoms with Crippen LogP contribution in [0.1, 0.15) is 41.7 Å². The summed E-state index contributed by atoms with van der Waals surface area (Å²) in [6.45, 7) is 2.44. The van der Waals surface area contributed by atoms with Gasteiger partial charge in [-0.1, -0.05) is 43.7 Å². The van der Waals surface area contributed by atoms with Crippen LogP contribution in [0, 0.1) is 0 Å². The Morgan fingerprint density at radius 1 is 1.10 bits per heavy atom. The first kappa shape index (κ1) is 20.2. The molecule has 0 aliphatic carbocycles. The number of carbonyl (C=O) groups excluding carboxylic acids is 2. The number of tetrazole rings is 1. The molecule has 0 bridgehead atoms. The van der Waals surface area contributed by atoms with Crippen LogP contribution in [0.3, 0.4) is 0 Å². The maximum atomic E-state index is 12.9. The molecule has 0 unspecified atom stereocenters. The van der Waals surface area contributed by atoms with Gasteiger partial charge in [-0.2, -0.15) is 0 Å². The van der Waals surface area contributed by atoms with E-state index in [1.165, 1.54) is 11.0 Å². The van der Waals surface area contributed by atoms with Crippen molar-refractivity contribution in [3.05, 3.63) is 72.1 Å². The normalized spacial score (nSPS) is 11.6. The van der Waals surface area contributed by atoms with E-state index in [2.05, 4.69) is 20.8 Å². The van der Waals surface area contributed by atoms with E-state index in [0.717, 1.165) is 18.4 Å². The fourth-order valence-electron chi connectivity index (χ4n) is 2.76. The molecule has 0 saturated heterocycles. The van der Waals surface area contributed by atoms with Crippen LogP contribution in [-0.4, -0.2) is 38.7 Å². The molecular weight excluding hydrogens is 370 g/mol. The quantitative estimate of drug-likeness (QED) is 0.443. The van der Waals surface area contributed by atoms with Crippen molar-refractivity contribution in [2.75, 3.05) is 11.9 Å². The van der Waals surface area contributed by atoms with E-state index in [4.69, 9.17) is 4.74 Å². The number of aromatic nitrogens is 4. The monoisotopic (exact) mass is 393 g/mol. The Balaban J connectivity index is 1.67. The van der Waals surface area contributed by atoms with Crippen molar-refractivity contribution in [3.8, 4) is 0 Å². The van der Waals surface area contributed by atoms with Gasteiger partial charge in [-0.05, 0) is 46.7 Å². The molecule has 1 heterocycles. The number of rotatable bonds is 9. The largest absolute Gasteiger partial charge is 0.462 e. The SMILES string of the molecule is CCCCOC(=O)c1ccc(NC(=O)[C@H](Cc2ccccc2)n2cnnn2)cc1. The van der Waals surface area contributed by atoms with Crippen molar-refractivity contribution in [1.29, 1.82) is 0 Å². The molecule has 0 aliphatic heterocycles. The van der Waals surface area contributed by atoms with Crippen LogP contribution < -0.4 is 5.32 Å². The molecular formula is C21H23N5O3. The van der Waals surface area contributed by atoms with E-state index in [-0.39, 0.29) is 11.9 Å². The zero-order valence-corrected chi connectivity index (χ0v) is 16.2. The molecule has 0 radical (unpaired) electrons. The number of ether oxygens (including phenoxy) is 1. The Kier molecular flexibility index (Phi) is 7.05. The van der Waals surface area contributed by atoms with E-state index in [0.29, 0.717) is 24.3 Å². The number of hydrogen-bond acceptors (Lipinski definition) is 6. The molecule has 0 fully saturated rings. The third kappa shape index (κ3) is 5.71. The Morgan fingerprint density at radius 2 is 1.86 bits per heavy atom. The van der Waals surface area contributed by atoms with Gasteiger partial charge in [-0.3, -0.25) is 4.79 Å². The van der Waals surface area contributed by atoms with Crippen LogP contribution in [0.4, 0.5) is 5.69 Å². The van der Waals surface area contributed by atoms with Crippen molar-refractivity contribution in [3.63, 3.8) is 0 Å². The summed E-state index contributed by atoms with van der Waals surface area (Å²) >= 11 is 0. The third-order valence-electron chi connectivity index (χ3n) is 4.38. The minimum atomic E-state index is -0.605. The van der Waals surface area contributed by atoms with E-state index >= 15 is 0 Å². The number of nitrogens with one attached hydrogen (secondary N) is 1. The lowest BCUT2D eigenvalue weighted by atomic mass is 10.1. The van der Waals surface area contributed by atoms with Gasteiger partial charge in [0.1, 0.15) is 12.4 Å². The van der Waals surface area contributed by atoms with Crippen molar-refractivity contribution in [2.24, 2.45) is 0 Å². The molecule has 1 amide bonds. The lowest BCUT2D eigenvalue weighted by Gasteiger charge is -2.16. The number of amides is 1. The summed E-state index contributed by atoms with van der Waals surface area (Å²) in [5.41, 5.74) is 2.01. The zero-order valence-electron chi connectivity index (χ0n) is 16.2. The minimum absolute atomic E-state index is 0.251. The summed E-state index contributed by atoms with van der Waals surface area (Å²) in [6.07, 6.45) is 3.66. The van der Waals surface area contributed by atoms with Crippen LogP contribution in [0.2, 0.25) is 0 Å². The maximum absolute atomic E-state index is 12.9. The van der Waals surface area contributed by atoms with Gasteiger partial charge in [0.2, 0.25) is 5.91 Å². The van der Waals surface area contributed by atoms with Crippen LogP contribution in [0.15, 0.2) is 60.9 Å². The fraction of sp³-hybridized carbons (Fsp3) is 0.286. The second-order valence-electron chi connectivity index (χ2n) is 6.55. The average Bonchev–Trinajstić information content (AvgIpc) is 3.28. The van der Waals surface area contributed by atoms with Crippen LogP contribution in [-0.2, 0) is 16.0 Å². The Hall–Kier alpha value is -3.55. The van der Waals surface area contributed by atoms with Crippen LogP contribution >= 0.6 is 0 Å². The molecule has 150 valence electrons. The first-order valence-corrected chi connectivity index (χ1v) is 9.52. The topological polar surface area (TPSA) is 99.0 Å². The maximum Gasteiger partial charge on any atom is 0.338 e. The van der Waals surface area contributed by atoms with E-state index < -0.39 is 6.04 Å².